The highest BCUT2D eigenvalue weighted by molar-refractivity contribution is 7.89. The molecule has 0 atom stereocenters. The smallest absolute Gasteiger partial charge is 0.240 e. The monoisotopic (exact) mass is 310 g/mol. The molecule has 0 amide bonds. The fourth-order valence-electron chi connectivity index (χ4n) is 1.75. The number of sulfonamides is 1. The number of benzene rings is 1. The minimum Gasteiger partial charge on any atom is -0.385 e. The summed E-state index contributed by atoms with van der Waals surface area (Å²) in [4.78, 5) is 4.17. The molecule has 7 nitrogen and oxygen atoms in total. The zero-order valence-electron chi connectivity index (χ0n) is 11.9. The summed E-state index contributed by atoms with van der Waals surface area (Å²) in [6.45, 7) is 4.20. The van der Waals surface area contributed by atoms with Gasteiger partial charge in [-0.05, 0) is 38.1 Å². The first-order valence-electron chi connectivity index (χ1n) is 6.59. The Hall–Kier alpha value is -1.93. The van der Waals surface area contributed by atoms with Crippen LogP contribution in [0.2, 0.25) is 0 Å². The van der Waals surface area contributed by atoms with E-state index in [-0.39, 0.29) is 10.9 Å². The van der Waals surface area contributed by atoms with Gasteiger partial charge in [-0.3, -0.25) is 0 Å². The quantitative estimate of drug-likeness (QED) is 0.802. The van der Waals surface area contributed by atoms with E-state index in [1.54, 1.807) is 38.1 Å². The molecule has 0 saturated heterocycles. The molecule has 2 rings (SSSR count). The number of hydrogen-bond acceptors (Lipinski definition) is 6. The average Bonchev–Trinajstić information content (AvgIpc) is 2.91. The number of aromatic nitrogens is 2. The van der Waals surface area contributed by atoms with Gasteiger partial charge in [0.2, 0.25) is 16.4 Å². The number of anilines is 1. The van der Waals surface area contributed by atoms with Gasteiger partial charge >= 0.3 is 0 Å². The molecule has 114 valence electrons. The highest BCUT2D eigenvalue weighted by Crippen LogP contribution is 2.14. The molecular formula is C13H18N4O3S. The topological polar surface area (TPSA) is 97.1 Å². The molecule has 2 N–H and O–H groups in total. The Balaban J connectivity index is 1.92. The van der Waals surface area contributed by atoms with Gasteiger partial charge < -0.3 is 9.84 Å². The average molecular weight is 310 g/mol. The number of hydrogen-bond donors (Lipinski definition) is 2. The van der Waals surface area contributed by atoms with Crippen molar-refractivity contribution in [1.29, 1.82) is 0 Å². The Bertz CT molecular complexity index is 651. The standard InChI is InChI=1S/C13H18N4O3S/c1-10(2)17-21(18,19)12-5-3-11(4-6-12)14-8-7-13-15-9-20-16-13/h3-6,9-10,14,17H,7-8H2,1-2H3. The first kappa shape index (κ1) is 15.5. The first-order chi connectivity index (χ1) is 9.97. The predicted molar refractivity (Wildman–Crippen MR) is 78.4 cm³/mol. The van der Waals surface area contributed by atoms with Crippen molar-refractivity contribution in [2.45, 2.75) is 31.2 Å². The Labute approximate surface area is 123 Å². The Kier molecular flexibility index (Phi) is 4.92. The summed E-state index contributed by atoms with van der Waals surface area (Å²) in [7, 11) is -3.44. The van der Waals surface area contributed by atoms with E-state index in [0.717, 1.165) is 5.69 Å². The molecule has 2 aromatic rings. The van der Waals surface area contributed by atoms with Crippen LogP contribution in [0.25, 0.3) is 0 Å². The van der Waals surface area contributed by atoms with Gasteiger partial charge in [0.15, 0.2) is 5.82 Å². The minimum atomic E-state index is -3.44. The van der Waals surface area contributed by atoms with Crippen LogP contribution in [0.5, 0.6) is 0 Å². The zero-order chi connectivity index (χ0) is 15.3. The lowest BCUT2D eigenvalue weighted by molar-refractivity contribution is 0.410. The molecule has 0 spiro atoms. The molecular weight excluding hydrogens is 292 g/mol. The van der Waals surface area contributed by atoms with E-state index in [1.807, 2.05) is 0 Å². The van der Waals surface area contributed by atoms with E-state index in [2.05, 4.69) is 24.7 Å². The normalized spacial score (nSPS) is 11.8. The largest absolute Gasteiger partial charge is 0.385 e. The van der Waals surface area contributed by atoms with Crippen molar-refractivity contribution in [3.63, 3.8) is 0 Å². The van der Waals surface area contributed by atoms with Crippen LogP contribution in [-0.4, -0.2) is 31.1 Å². The predicted octanol–water partition coefficient (Wildman–Crippen LogP) is 1.41. The van der Waals surface area contributed by atoms with E-state index >= 15 is 0 Å². The zero-order valence-corrected chi connectivity index (χ0v) is 12.7. The lowest BCUT2D eigenvalue weighted by Gasteiger charge is -2.10. The summed E-state index contributed by atoms with van der Waals surface area (Å²) in [5.74, 6) is 0.628. The number of nitrogens with one attached hydrogen (secondary N) is 2. The summed E-state index contributed by atoms with van der Waals surface area (Å²) >= 11 is 0. The van der Waals surface area contributed by atoms with Gasteiger partial charge in [-0.15, -0.1) is 0 Å². The molecule has 0 aliphatic carbocycles. The fraction of sp³-hybridized carbons (Fsp3) is 0.385. The van der Waals surface area contributed by atoms with Crippen LogP contribution >= 0.6 is 0 Å². The first-order valence-corrected chi connectivity index (χ1v) is 8.07. The summed E-state index contributed by atoms with van der Waals surface area (Å²) in [5.41, 5.74) is 0.835. The van der Waals surface area contributed by atoms with Crippen LogP contribution in [0.4, 0.5) is 5.69 Å². The molecule has 0 aliphatic heterocycles. The maximum Gasteiger partial charge on any atom is 0.240 e. The van der Waals surface area contributed by atoms with Gasteiger partial charge in [-0.25, -0.2) is 13.1 Å². The number of nitrogens with zero attached hydrogens (tertiary/aromatic N) is 2. The highest BCUT2D eigenvalue weighted by atomic mass is 32.2. The van der Waals surface area contributed by atoms with Crippen LogP contribution < -0.4 is 10.0 Å². The maximum absolute atomic E-state index is 12.0. The third-order valence-corrected chi connectivity index (χ3v) is 4.31. The van der Waals surface area contributed by atoms with E-state index < -0.39 is 10.0 Å². The molecule has 0 bridgehead atoms. The molecule has 1 aromatic carbocycles. The van der Waals surface area contributed by atoms with Gasteiger partial charge in [0.1, 0.15) is 0 Å². The maximum atomic E-state index is 12.0. The van der Waals surface area contributed by atoms with E-state index in [9.17, 15) is 8.42 Å². The molecule has 0 radical (unpaired) electrons. The summed E-state index contributed by atoms with van der Waals surface area (Å²) in [6.07, 6.45) is 1.92. The van der Waals surface area contributed by atoms with E-state index in [1.165, 1.54) is 6.39 Å². The van der Waals surface area contributed by atoms with Crippen molar-refractivity contribution in [2.24, 2.45) is 0 Å². The van der Waals surface area contributed by atoms with E-state index in [4.69, 9.17) is 0 Å². The SMILES string of the molecule is CC(C)NS(=O)(=O)c1ccc(NCCc2ncon2)cc1. The fourth-order valence-corrected chi connectivity index (χ4v) is 3.00. The summed E-state index contributed by atoms with van der Waals surface area (Å²) in [5, 5.41) is 6.87. The van der Waals surface area contributed by atoms with Crippen molar-refractivity contribution in [3.8, 4) is 0 Å². The van der Waals surface area contributed by atoms with Gasteiger partial charge in [0.25, 0.3) is 0 Å². The number of rotatable bonds is 7. The summed E-state index contributed by atoms with van der Waals surface area (Å²) < 4.78 is 31.1. The molecule has 8 heteroatoms. The Morgan fingerprint density at radius 3 is 2.52 bits per heavy atom. The molecule has 1 aromatic heterocycles. The lowest BCUT2D eigenvalue weighted by atomic mass is 10.3. The van der Waals surface area contributed by atoms with Gasteiger partial charge in [0, 0.05) is 24.7 Å². The molecule has 21 heavy (non-hydrogen) atoms. The molecule has 1 heterocycles. The summed E-state index contributed by atoms with van der Waals surface area (Å²) in [6, 6.07) is 6.46. The van der Waals surface area contributed by atoms with Crippen molar-refractivity contribution >= 4 is 15.7 Å². The second-order valence-corrected chi connectivity index (χ2v) is 6.54. The van der Waals surface area contributed by atoms with Gasteiger partial charge in [-0.2, -0.15) is 4.98 Å². The third-order valence-electron chi connectivity index (χ3n) is 2.64. The molecule has 0 saturated carbocycles. The second-order valence-electron chi connectivity index (χ2n) is 4.82. The lowest BCUT2D eigenvalue weighted by Crippen LogP contribution is -2.30. The minimum absolute atomic E-state index is 0.136. The van der Waals surface area contributed by atoms with Crippen LogP contribution in [0, 0.1) is 0 Å². The molecule has 0 unspecified atom stereocenters. The van der Waals surface area contributed by atoms with Crippen molar-refractivity contribution in [1.82, 2.24) is 14.9 Å². The molecule has 0 fully saturated rings. The molecule has 0 aliphatic rings. The van der Waals surface area contributed by atoms with Crippen molar-refractivity contribution in [2.75, 3.05) is 11.9 Å². The van der Waals surface area contributed by atoms with Gasteiger partial charge in [0.05, 0.1) is 4.90 Å². The van der Waals surface area contributed by atoms with Gasteiger partial charge in [-0.1, -0.05) is 5.16 Å². The van der Waals surface area contributed by atoms with Crippen LogP contribution in [0.3, 0.4) is 0 Å². The Morgan fingerprint density at radius 2 is 1.95 bits per heavy atom. The van der Waals surface area contributed by atoms with Crippen molar-refractivity contribution < 1.29 is 12.9 Å². The van der Waals surface area contributed by atoms with E-state index in [0.29, 0.717) is 18.8 Å². The third kappa shape index (κ3) is 4.54. The van der Waals surface area contributed by atoms with Crippen LogP contribution in [-0.2, 0) is 16.4 Å². The highest BCUT2D eigenvalue weighted by Gasteiger charge is 2.14. The Morgan fingerprint density at radius 1 is 1.24 bits per heavy atom. The second kappa shape index (κ2) is 6.68. The van der Waals surface area contributed by atoms with Crippen molar-refractivity contribution in [3.05, 3.63) is 36.5 Å². The van der Waals surface area contributed by atoms with Crippen LogP contribution in [0.1, 0.15) is 19.7 Å². The van der Waals surface area contributed by atoms with Crippen LogP contribution in [0.15, 0.2) is 40.1 Å².